The Balaban J connectivity index is 2.48. The first-order valence-corrected chi connectivity index (χ1v) is 7.14. The Morgan fingerprint density at radius 3 is 2.68 bits per heavy atom. The first-order valence-electron chi connectivity index (χ1n) is 7.14. The van der Waals surface area contributed by atoms with E-state index in [9.17, 15) is 4.39 Å². The van der Waals surface area contributed by atoms with E-state index in [4.69, 9.17) is 4.74 Å². The average Bonchev–Trinajstić information content (AvgIpc) is 2.35. The molecule has 0 aliphatic rings. The van der Waals surface area contributed by atoms with E-state index in [2.05, 4.69) is 19.2 Å². The van der Waals surface area contributed by atoms with Crippen LogP contribution >= 0.6 is 0 Å². The zero-order chi connectivity index (χ0) is 14.1. The summed E-state index contributed by atoms with van der Waals surface area (Å²) in [5.41, 5.74) is 1.04. The van der Waals surface area contributed by atoms with Gasteiger partial charge in [-0.3, -0.25) is 0 Å². The van der Waals surface area contributed by atoms with Gasteiger partial charge in [-0.1, -0.05) is 26.0 Å². The summed E-state index contributed by atoms with van der Waals surface area (Å²) in [5, 5.41) is 3.45. The third-order valence-corrected chi connectivity index (χ3v) is 2.96. The number of halogens is 1. The van der Waals surface area contributed by atoms with Gasteiger partial charge in [-0.2, -0.15) is 0 Å². The summed E-state index contributed by atoms with van der Waals surface area (Å²) in [7, 11) is 0. The molecule has 0 aliphatic heterocycles. The Morgan fingerprint density at radius 2 is 2.05 bits per heavy atom. The Morgan fingerprint density at radius 1 is 1.26 bits per heavy atom. The topological polar surface area (TPSA) is 21.3 Å². The average molecular weight is 267 g/mol. The lowest BCUT2D eigenvalue weighted by molar-refractivity contribution is 0.109. The van der Waals surface area contributed by atoms with E-state index >= 15 is 0 Å². The summed E-state index contributed by atoms with van der Waals surface area (Å²) in [6, 6.07) is 6.84. The summed E-state index contributed by atoms with van der Waals surface area (Å²) in [6.07, 6.45) is 0.850. The van der Waals surface area contributed by atoms with Crippen LogP contribution in [0.4, 0.5) is 4.39 Å². The fourth-order valence-electron chi connectivity index (χ4n) is 2.05. The number of hydrogen-bond donors (Lipinski definition) is 1. The maximum absolute atomic E-state index is 13.2. The molecular formula is C16H26FNO. The largest absolute Gasteiger partial charge is 0.381 e. The molecule has 108 valence electrons. The molecule has 0 saturated heterocycles. The molecule has 0 heterocycles. The maximum Gasteiger partial charge on any atom is 0.123 e. The van der Waals surface area contributed by atoms with Crippen molar-refractivity contribution in [3.8, 4) is 0 Å². The van der Waals surface area contributed by atoms with Gasteiger partial charge in [0.15, 0.2) is 0 Å². The molecule has 1 aromatic carbocycles. The Hall–Kier alpha value is -0.930. The van der Waals surface area contributed by atoms with Crippen LogP contribution in [0.25, 0.3) is 0 Å². The normalized spacial score (nSPS) is 12.9. The van der Waals surface area contributed by atoms with Crippen molar-refractivity contribution in [1.82, 2.24) is 5.32 Å². The molecule has 0 amide bonds. The van der Waals surface area contributed by atoms with E-state index in [0.717, 1.165) is 38.3 Å². The second kappa shape index (κ2) is 9.05. The van der Waals surface area contributed by atoms with E-state index in [1.54, 1.807) is 12.1 Å². The summed E-state index contributed by atoms with van der Waals surface area (Å²) in [4.78, 5) is 0. The third kappa shape index (κ3) is 7.28. The van der Waals surface area contributed by atoms with Gasteiger partial charge in [0.05, 0.1) is 6.61 Å². The van der Waals surface area contributed by atoms with Crippen molar-refractivity contribution in [2.24, 2.45) is 11.8 Å². The van der Waals surface area contributed by atoms with Gasteiger partial charge in [-0.25, -0.2) is 4.39 Å². The highest BCUT2D eigenvalue weighted by Gasteiger charge is 2.10. The minimum absolute atomic E-state index is 0.164. The molecule has 1 rings (SSSR count). The summed E-state index contributed by atoms with van der Waals surface area (Å²) < 4.78 is 18.7. The van der Waals surface area contributed by atoms with Crippen molar-refractivity contribution in [2.45, 2.75) is 27.2 Å². The number of hydrogen-bond acceptors (Lipinski definition) is 2. The fourth-order valence-corrected chi connectivity index (χ4v) is 2.05. The third-order valence-electron chi connectivity index (χ3n) is 2.96. The Kier molecular flexibility index (Phi) is 7.68. The van der Waals surface area contributed by atoms with Gasteiger partial charge >= 0.3 is 0 Å². The van der Waals surface area contributed by atoms with Crippen LogP contribution in [-0.2, 0) is 11.2 Å². The fraction of sp³-hybridized carbons (Fsp3) is 0.625. The minimum atomic E-state index is -0.164. The minimum Gasteiger partial charge on any atom is -0.381 e. The number of ether oxygens (including phenoxy) is 1. The van der Waals surface area contributed by atoms with E-state index in [1.807, 2.05) is 13.0 Å². The van der Waals surface area contributed by atoms with Crippen molar-refractivity contribution >= 4 is 0 Å². The van der Waals surface area contributed by atoms with Crippen molar-refractivity contribution in [1.29, 1.82) is 0 Å². The van der Waals surface area contributed by atoms with Gasteiger partial charge < -0.3 is 10.1 Å². The molecule has 0 spiro atoms. The highest BCUT2D eigenvalue weighted by Crippen LogP contribution is 2.11. The van der Waals surface area contributed by atoms with Gasteiger partial charge in [0.25, 0.3) is 0 Å². The molecule has 0 aliphatic carbocycles. The molecular weight excluding hydrogens is 241 g/mol. The SMILES string of the molecule is CCOCC(CNCC(C)C)Cc1cccc(F)c1. The predicted molar refractivity (Wildman–Crippen MR) is 77.8 cm³/mol. The van der Waals surface area contributed by atoms with Crippen LogP contribution < -0.4 is 5.32 Å². The highest BCUT2D eigenvalue weighted by molar-refractivity contribution is 5.16. The van der Waals surface area contributed by atoms with Crippen molar-refractivity contribution in [3.05, 3.63) is 35.6 Å². The molecule has 2 nitrogen and oxygen atoms in total. The second-order valence-corrected chi connectivity index (χ2v) is 5.41. The van der Waals surface area contributed by atoms with Crippen LogP contribution in [0.2, 0.25) is 0 Å². The van der Waals surface area contributed by atoms with E-state index in [0.29, 0.717) is 11.8 Å². The molecule has 0 bridgehead atoms. The van der Waals surface area contributed by atoms with Crippen LogP contribution in [0.3, 0.4) is 0 Å². The summed E-state index contributed by atoms with van der Waals surface area (Å²) >= 11 is 0. The number of benzene rings is 1. The predicted octanol–water partition coefficient (Wildman–Crippen LogP) is 3.27. The second-order valence-electron chi connectivity index (χ2n) is 5.41. The number of rotatable bonds is 9. The monoisotopic (exact) mass is 267 g/mol. The zero-order valence-corrected chi connectivity index (χ0v) is 12.3. The van der Waals surface area contributed by atoms with Crippen molar-refractivity contribution in [2.75, 3.05) is 26.3 Å². The zero-order valence-electron chi connectivity index (χ0n) is 12.3. The highest BCUT2D eigenvalue weighted by atomic mass is 19.1. The molecule has 0 fully saturated rings. The van der Waals surface area contributed by atoms with E-state index in [1.165, 1.54) is 6.07 Å². The van der Waals surface area contributed by atoms with Gasteiger partial charge in [-0.05, 0) is 49.4 Å². The molecule has 3 heteroatoms. The molecule has 0 saturated carbocycles. The standard InChI is InChI=1S/C16H26FNO/c1-4-19-12-15(11-18-10-13(2)3)8-14-6-5-7-16(17)9-14/h5-7,9,13,15,18H,4,8,10-12H2,1-3H3. The molecule has 1 N–H and O–H groups in total. The number of nitrogens with one attached hydrogen (secondary N) is 1. The molecule has 1 aromatic rings. The van der Waals surface area contributed by atoms with Gasteiger partial charge in [0.2, 0.25) is 0 Å². The summed E-state index contributed by atoms with van der Waals surface area (Å²) in [5.74, 6) is 0.866. The van der Waals surface area contributed by atoms with E-state index in [-0.39, 0.29) is 5.82 Å². The summed E-state index contributed by atoms with van der Waals surface area (Å²) in [6.45, 7) is 9.75. The Bertz CT molecular complexity index is 354. The van der Waals surface area contributed by atoms with Crippen molar-refractivity contribution in [3.63, 3.8) is 0 Å². The van der Waals surface area contributed by atoms with E-state index < -0.39 is 0 Å². The Labute approximate surface area is 116 Å². The maximum atomic E-state index is 13.2. The lowest BCUT2D eigenvalue weighted by atomic mass is 9.99. The van der Waals surface area contributed by atoms with Crippen LogP contribution in [0, 0.1) is 17.7 Å². The van der Waals surface area contributed by atoms with Gasteiger partial charge in [0, 0.05) is 13.2 Å². The first-order chi connectivity index (χ1) is 9.11. The van der Waals surface area contributed by atoms with Crippen LogP contribution in [0.1, 0.15) is 26.3 Å². The van der Waals surface area contributed by atoms with Crippen LogP contribution in [0.15, 0.2) is 24.3 Å². The van der Waals surface area contributed by atoms with Crippen LogP contribution in [0.5, 0.6) is 0 Å². The van der Waals surface area contributed by atoms with Gasteiger partial charge in [0.1, 0.15) is 5.82 Å². The molecule has 0 aromatic heterocycles. The van der Waals surface area contributed by atoms with Gasteiger partial charge in [-0.15, -0.1) is 0 Å². The quantitative estimate of drug-likeness (QED) is 0.741. The first kappa shape index (κ1) is 16.1. The molecule has 1 atom stereocenters. The molecule has 19 heavy (non-hydrogen) atoms. The van der Waals surface area contributed by atoms with Crippen LogP contribution in [-0.4, -0.2) is 26.3 Å². The smallest absolute Gasteiger partial charge is 0.123 e. The molecule has 1 unspecified atom stereocenters. The lowest BCUT2D eigenvalue weighted by Gasteiger charge is -2.18. The lowest BCUT2D eigenvalue weighted by Crippen LogP contribution is -2.30. The molecule has 0 radical (unpaired) electrons. The van der Waals surface area contributed by atoms with Crippen molar-refractivity contribution < 1.29 is 9.13 Å².